The van der Waals surface area contributed by atoms with Crippen molar-refractivity contribution in [2.45, 2.75) is 46.5 Å². The molecular formula is C17H23N. The highest BCUT2D eigenvalue weighted by Gasteiger charge is 2.12. The molecule has 18 heavy (non-hydrogen) atoms. The first-order chi connectivity index (χ1) is 8.74. The van der Waals surface area contributed by atoms with Crippen LogP contribution in [-0.2, 0) is 6.42 Å². The summed E-state index contributed by atoms with van der Waals surface area (Å²) >= 11 is 0. The molecule has 1 heteroatoms. The third kappa shape index (κ3) is 2.84. The normalized spacial score (nSPS) is 15.5. The molecule has 1 aliphatic heterocycles. The fourth-order valence-electron chi connectivity index (χ4n) is 2.47. The van der Waals surface area contributed by atoms with Crippen LogP contribution in [0.3, 0.4) is 0 Å². The monoisotopic (exact) mass is 241 g/mol. The molecule has 0 unspecified atom stereocenters. The van der Waals surface area contributed by atoms with Crippen molar-refractivity contribution in [1.82, 2.24) is 0 Å². The lowest BCUT2D eigenvalue weighted by Gasteiger charge is -2.11. The molecule has 0 aliphatic carbocycles. The third-order valence-electron chi connectivity index (χ3n) is 3.55. The molecule has 1 aromatic rings. The SMILES string of the molecule is CC/C=C\C1=C(CC)CCc2cc(C)ccc2N1. The predicted molar refractivity (Wildman–Crippen MR) is 79.9 cm³/mol. The first kappa shape index (κ1) is 12.9. The van der Waals surface area contributed by atoms with Crippen molar-refractivity contribution in [3.05, 3.63) is 52.7 Å². The molecule has 96 valence electrons. The molecule has 1 aromatic carbocycles. The van der Waals surface area contributed by atoms with Gasteiger partial charge in [-0.3, -0.25) is 0 Å². The van der Waals surface area contributed by atoms with Crippen LogP contribution in [0.1, 0.15) is 44.2 Å². The van der Waals surface area contributed by atoms with E-state index in [0.29, 0.717) is 0 Å². The van der Waals surface area contributed by atoms with Crippen LogP contribution in [0.4, 0.5) is 5.69 Å². The number of allylic oxidation sites excluding steroid dienone is 3. The standard InChI is InChI=1S/C17H23N/c1-4-6-7-16-14(5-2)9-10-15-12-13(3)8-11-17(15)18-16/h6-8,11-12,18H,4-5,9-10H2,1-3H3/b7-6-. The van der Waals surface area contributed by atoms with E-state index in [1.54, 1.807) is 0 Å². The number of fused-ring (bicyclic) bond motifs is 1. The Morgan fingerprint density at radius 3 is 2.78 bits per heavy atom. The van der Waals surface area contributed by atoms with Gasteiger partial charge < -0.3 is 5.32 Å². The maximum atomic E-state index is 3.62. The first-order valence-electron chi connectivity index (χ1n) is 6.99. The Morgan fingerprint density at radius 1 is 1.22 bits per heavy atom. The van der Waals surface area contributed by atoms with E-state index >= 15 is 0 Å². The van der Waals surface area contributed by atoms with Gasteiger partial charge in [0.15, 0.2) is 0 Å². The molecule has 0 aromatic heterocycles. The molecule has 0 spiro atoms. The number of nitrogens with one attached hydrogen (secondary N) is 1. The van der Waals surface area contributed by atoms with Crippen LogP contribution in [-0.4, -0.2) is 0 Å². The highest BCUT2D eigenvalue weighted by molar-refractivity contribution is 5.60. The summed E-state index contributed by atoms with van der Waals surface area (Å²) in [5, 5.41) is 3.62. The van der Waals surface area contributed by atoms with Gasteiger partial charge in [0.25, 0.3) is 0 Å². The van der Waals surface area contributed by atoms with Crippen molar-refractivity contribution in [2.24, 2.45) is 0 Å². The number of hydrogen-bond acceptors (Lipinski definition) is 1. The molecule has 1 N–H and O–H groups in total. The Kier molecular flexibility index (Phi) is 4.24. The third-order valence-corrected chi connectivity index (χ3v) is 3.55. The largest absolute Gasteiger partial charge is 0.355 e. The molecule has 0 bridgehead atoms. The maximum absolute atomic E-state index is 3.62. The van der Waals surface area contributed by atoms with E-state index in [0.717, 1.165) is 19.3 Å². The van der Waals surface area contributed by atoms with Crippen molar-refractivity contribution < 1.29 is 0 Å². The fourth-order valence-corrected chi connectivity index (χ4v) is 2.47. The van der Waals surface area contributed by atoms with E-state index in [9.17, 15) is 0 Å². The minimum Gasteiger partial charge on any atom is -0.355 e. The van der Waals surface area contributed by atoms with Crippen molar-refractivity contribution in [1.29, 1.82) is 0 Å². The van der Waals surface area contributed by atoms with Crippen LogP contribution >= 0.6 is 0 Å². The number of hydrogen-bond donors (Lipinski definition) is 1. The summed E-state index contributed by atoms with van der Waals surface area (Å²) in [5.74, 6) is 0. The van der Waals surface area contributed by atoms with E-state index in [4.69, 9.17) is 0 Å². The molecule has 1 heterocycles. The number of aryl methyl sites for hydroxylation is 2. The molecule has 1 nitrogen and oxygen atoms in total. The highest BCUT2D eigenvalue weighted by Crippen LogP contribution is 2.29. The maximum Gasteiger partial charge on any atom is 0.0417 e. The van der Waals surface area contributed by atoms with E-state index in [1.807, 2.05) is 0 Å². The molecular weight excluding hydrogens is 218 g/mol. The zero-order valence-corrected chi connectivity index (χ0v) is 11.7. The van der Waals surface area contributed by atoms with Crippen LogP contribution in [0.25, 0.3) is 0 Å². The van der Waals surface area contributed by atoms with Crippen LogP contribution in [0.15, 0.2) is 41.6 Å². The Morgan fingerprint density at radius 2 is 2.06 bits per heavy atom. The summed E-state index contributed by atoms with van der Waals surface area (Å²) in [6, 6.07) is 6.70. The quantitative estimate of drug-likeness (QED) is 0.786. The van der Waals surface area contributed by atoms with Gasteiger partial charge in [-0.1, -0.05) is 37.6 Å². The Bertz CT molecular complexity index is 480. The zero-order valence-electron chi connectivity index (χ0n) is 11.7. The Hall–Kier alpha value is -1.50. The van der Waals surface area contributed by atoms with E-state index < -0.39 is 0 Å². The van der Waals surface area contributed by atoms with Gasteiger partial charge >= 0.3 is 0 Å². The minimum absolute atomic E-state index is 1.09. The van der Waals surface area contributed by atoms with Gasteiger partial charge in [0, 0.05) is 11.4 Å². The summed E-state index contributed by atoms with van der Waals surface area (Å²) in [6.07, 6.45) is 9.01. The Labute approximate surface area is 111 Å². The second kappa shape index (κ2) is 5.90. The topological polar surface area (TPSA) is 12.0 Å². The van der Waals surface area contributed by atoms with Crippen LogP contribution < -0.4 is 5.32 Å². The van der Waals surface area contributed by atoms with E-state index in [1.165, 1.54) is 34.5 Å². The zero-order chi connectivity index (χ0) is 13.0. The predicted octanol–water partition coefficient (Wildman–Crippen LogP) is 4.98. The molecule has 0 saturated heterocycles. The molecule has 0 radical (unpaired) electrons. The van der Waals surface area contributed by atoms with Crippen LogP contribution in [0.5, 0.6) is 0 Å². The minimum atomic E-state index is 1.09. The van der Waals surface area contributed by atoms with Crippen LogP contribution in [0.2, 0.25) is 0 Å². The molecule has 2 rings (SSSR count). The van der Waals surface area contributed by atoms with Gasteiger partial charge in [-0.25, -0.2) is 0 Å². The second-order valence-corrected chi connectivity index (χ2v) is 4.97. The fraction of sp³-hybridized carbons (Fsp3) is 0.412. The van der Waals surface area contributed by atoms with Gasteiger partial charge in [0.05, 0.1) is 0 Å². The molecule has 0 fully saturated rings. The second-order valence-electron chi connectivity index (χ2n) is 4.97. The number of rotatable bonds is 3. The molecule has 0 saturated carbocycles. The summed E-state index contributed by atoms with van der Waals surface area (Å²) in [7, 11) is 0. The van der Waals surface area contributed by atoms with Gasteiger partial charge in [0.2, 0.25) is 0 Å². The number of anilines is 1. The lowest BCUT2D eigenvalue weighted by Crippen LogP contribution is -2.00. The van der Waals surface area contributed by atoms with Crippen molar-refractivity contribution in [3.63, 3.8) is 0 Å². The van der Waals surface area contributed by atoms with Gasteiger partial charge in [-0.2, -0.15) is 0 Å². The van der Waals surface area contributed by atoms with Crippen LogP contribution in [0, 0.1) is 6.92 Å². The van der Waals surface area contributed by atoms with Gasteiger partial charge in [0.1, 0.15) is 0 Å². The highest BCUT2D eigenvalue weighted by atomic mass is 14.9. The summed E-state index contributed by atoms with van der Waals surface area (Å²) in [5.41, 5.74) is 6.91. The summed E-state index contributed by atoms with van der Waals surface area (Å²) < 4.78 is 0. The summed E-state index contributed by atoms with van der Waals surface area (Å²) in [4.78, 5) is 0. The molecule has 0 atom stereocenters. The Balaban J connectivity index is 2.34. The van der Waals surface area contributed by atoms with Crippen molar-refractivity contribution in [3.8, 4) is 0 Å². The van der Waals surface area contributed by atoms with Crippen molar-refractivity contribution >= 4 is 5.69 Å². The average Bonchev–Trinajstić information content (AvgIpc) is 2.55. The van der Waals surface area contributed by atoms with E-state index in [2.05, 4.69) is 56.4 Å². The lowest BCUT2D eigenvalue weighted by molar-refractivity contribution is 0.886. The van der Waals surface area contributed by atoms with Gasteiger partial charge in [-0.05, 0) is 55.9 Å². The average molecular weight is 241 g/mol. The lowest BCUT2D eigenvalue weighted by atomic mass is 10.0. The van der Waals surface area contributed by atoms with Crippen molar-refractivity contribution in [2.75, 3.05) is 5.32 Å². The smallest absolute Gasteiger partial charge is 0.0417 e. The molecule has 0 amide bonds. The van der Waals surface area contributed by atoms with E-state index in [-0.39, 0.29) is 0 Å². The summed E-state index contributed by atoms with van der Waals surface area (Å²) in [6.45, 7) is 6.59. The number of benzene rings is 1. The van der Waals surface area contributed by atoms with Gasteiger partial charge in [-0.15, -0.1) is 0 Å². The first-order valence-corrected chi connectivity index (χ1v) is 6.99. The molecule has 1 aliphatic rings.